The number of ether oxygens (including phenoxy) is 2. The van der Waals surface area contributed by atoms with Crippen molar-refractivity contribution in [1.29, 1.82) is 0 Å². The Labute approximate surface area is 154 Å². The minimum atomic E-state index is -2.60. The average molecular weight is 369 g/mol. The summed E-state index contributed by atoms with van der Waals surface area (Å²) in [7, 11) is 1.65. The van der Waals surface area contributed by atoms with Crippen LogP contribution in [0, 0.1) is 0 Å². The molecule has 0 bridgehead atoms. The maximum absolute atomic E-state index is 13.5. The first-order valence-electron chi connectivity index (χ1n) is 9.29. The van der Waals surface area contributed by atoms with Crippen molar-refractivity contribution >= 4 is 0 Å². The van der Waals surface area contributed by atoms with E-state index >= 15 is 0 Å². The van der Waals surface area contributed by atoms with Gasteiger partial charge in [-0.05, 0) is 24.6 Å². The van der Waals surface area contributed by atoms with Gasteiger partial charge >= 0.3 is 0 Å². The molecule has 3 atom stereocenters. The smallest absolute Gasteiger partial charge is 0.261 e. The molecule has 2 saturated heterocycles. The zero-order valence-electron chi connectivity index (χ0n) is 15.5. The van der Waals surface area contributed by atoms with Crippen molar-refractivity contribution in [1.82, 2.24) is 15.5 Å². The molecule has 2 fully saturated rings. The molecule has 0 aromatic heterocycles. The van der Waals surface area contributed by atoms with Crippen LogP contribution in [0.25, 0.3) is 0 Å². The van der Waals surface area contributed by atoms with Gasteiger partial charge in [-0.3, -0.25) is 4.90 Å². The molecule has 26 heavy (non-hydrogen) atoms. The second-order valence-electron chi connectivity index (χ2n) is 7.18. The molecular weight excluding hydrogens is 340 g/mol. The van der Waals surface area contributed by atoms with Crippen LogP contribution >= 0.6 is 0 Å². The Morgan fingerprint density at radius 2 is 2.00 bits per heavy atom. The molecule has 146 valence electrons. The van der Waals surface area contributed by atoms with Gasteiger partial charge in [-0.2, -0.15) is 0 Å². The topological polar surface area (TPSA) is 45.8 Å². The Morgan fingerprint density at radius 3 is 2.58 bits per heavy atom. The Morgan fingerprint density at radius 1 is 1.31 bits per heavy atom. The molecule has 5 nitrogen and oxygen atoms in total. The Kier molecular flexibility index (Phi) is 6.45. The standard InChI is InChI=1S/C19H29F2N3O2/c1-14(17-11-19(20,21)13-23-17)22-12-18(24-7-9-26-10-8-24)15-3-5-16(25-2)6-4-15/h3-6,14,17-18,22-23H,7-13H2,1-2H3/t14?,17-,18?/m0/s1. The first-order valence-corrected chi connectivity index (χ1v) is 9.29. The summed E-state index contributed by atoms with van der Waals surface area (Å²) in [5.41, 5.74) is 1.19. The van der Waals surface area contributed by atoms with Gasteiger partial charge in [-0.1, -0.05) is 12.1 Å². The molecule has 7 heteroatoms. The number of methoxy groups -OCH3 is 1. The molecular formula is C19H29F2N3O2. The van der Waals surface area contributed by atoms with Crippen molar-refractivity contribution < 1.29 is 18.3 Å². The zero-order valence-corrected chi connectivity index (χ0v) is 15.5. The highest BCUT2D eigenvalue weighted by molar-refractivity contribution is 5.29. The third-order valence-corrected chi connectivity index (χ3v) is 5.37. The fraction of sp³-hybridized carbons (Fsp3) is 0.684. The number of benzene rings is 1. The summed E-state index contributed by atoms with van der Waals surface area (Å²) >= 11 is 0. The highest BCUT2D eigenvalue weighted by atomic mass is 19.3. The first-order chi connectivity index (χ1) is 12.5. The molecule has 0 amide bonds. The van der Waals surface area contributed by atoms with Crippen LogP contribution in [0.15, 0.2) is 24.3 Å². The van der Waals surface area contributed by atoms with Crippen molar-refractivity contribution in [2.75, 3.05) is 46.5 Å². The SMILES string of the molecule is COc1ccc(C(CNC(C)[C@@H]2CC(F)(F)CN2)N2CCOCC2)cc1. The lowest BCUT2D eigenvalue weighted by Gasteiger charge is -2.36. The molecule has 2 N–H and O–H groups in total. The van der Waals surface area contributed by atoms with E-state index in [-0.39, 0.29) is 31.1 Å². The Bertz CT molecular complexity index is 564. The van der Waals surface area contributed by atoms with Gasteiger partial charge in [0.1, 0.15) is 5.75 Å². The summed E-state index contributed by atoms with van der Waals surface area (Å²) in [6.45, 7) is 5.63. The molecule has 0 spiro atoms. The number of nitrogens with zero attached hydrogens (tertiary/aromatic N) is 1. The lowest BCUT2D eigenvalue weighted by Crippen LogP contribution is -2.48. The van der Waals surface area contributed by atoms with Crippen LogP contribution in [-0.2, 0) is 4.74 Å². The van der Waals surface area contributed by atoms with Gasteiger partial charge in [0.2, 0.25) is 0 Å². The summed E-state index contributed by atoms with van der Waals surface area (Å²) in [6, 6.07) is 8.03. The fourth-order valence-corrected chi connectivity index (χ4v) is 3.71. The van der Waals surface area contributed by atoms with Crippen LogP contribution in [0.4, 0.5) is 8.78 Å². The lowest BCUT2D eigenvalue weighted by atomic mass is 10.0. The maximum Gasteiger partial charge on any atom is 0.261 e. The van der Waals surface area contributed by atoms with Crippen molar-refractivity contribution in [3.05, 3.63) is 29.8 Å². The summed E-state index contributed by atoms with van der Waals surface area (Å²) in [6.07, 6.45) is -0.105. The zero-order chi connectivity index (χ0) is 18.6. The lowest BCUT2D eigenvalue weighted by molar-refractivity contribution is 0.0141. The largest absolute Gasteiger partial charge is 0.497 e. The van der Waals surface area contributed by atoms with Gasteiger partial charge in [0.25, 0.3) is 5.92 Å². The van der Waals surface area contributed by atoms with E-state index in [0.717, 1.165) is 32.1 Å². The summed E-state index contributed by atoms with van der Waals surface area (Å²) in [5, 5.41) is 6.42. The average Bonchev–Trinajstić information content (AvgIpc) is 3.03. The van der Waals surface area contributed by atoms with Gasteiger partial charge in [-0.15, -0.1) is 0 Å². The van der Waals surface area contributed by atoms with E-state index in [1.54, 1.807) is 7.11 Å². The van der Waals surface area contributed by atoms with Crippen LogP contribution < -0.4 is 15.4 Å². The van der Waals surface area contributed by atoms with Crippen LogP contribution in [0.2, 0.25) is 0 Å². The van der Waals surface area contributed by atoms with Crippen molar-refractivity contribution in [3.8, 4) is 5.75 Å². The number of morpholine rings is 1. The van der Waals surface area contributed by atoms with Crippen LogP contribution in [-0.4, -0.2) is 69.4 Å². The molecule has 2 aliphatic rings. The van der Waals surface area contributed by atoms with E-state index in [1.807, 2.05) is 19.1 Å². The molecule has 1 aromatic rings. The van der Waals surface area contributed by atoms with Gasteiger partial charge in [0.15, 0.2) is 0 Å². The third-order valence-electron chi connectivity index (χ3n) is 5.37. The number of hydrogen-bond donors (Lipinski definition) is 2. The van der Waals surface area contributed by atoms with E-state index in [0.29, 0.717) is 6.54 Å². The molecule has 0 radical (unpaired) electrons. The van der Waals surface area contributed by atoms with Gasteiger partial charge in [0.05, 0.1) is 26.9 Å². The van der Waals surface area contributed by atoms with E-state index in [1.165, 1.54) is 5.56 Å². The summed E-state index contributed by atoms with van der Waals surface area (Å²) < 4.78 is 37.6. The Hall–Kier alpha value is -1.28. The number of halogens is 2. The monoisotopic (exact) mass is 369 g/mol. The van der Waals surface area contributed by atoms with Crippen molar-refractivity contribution in [2.45, 2.75) is 37.4 Å². The summed E-state index contributed by atoms with van der Waals surface area (Å²) in [4.78, 5) is 2.39. The molecule has 2 unspecified atom stereocenters. The van der Waals surface area contributed by atoms with Crippen LogP contribution in [0.1, 0.15) is 24.9 Å². The third kappa shape index (κ3) is 4.91. The highest BCUT2D eigenvalue weighted by Gasteiger charge is 2.41. The molecule has 1 aromatic carbocycles. The Balaban J connectivity index is 1.65. The minimum absolute atomic E-state index is 0.0230. The summed E-state index contributed by atoms with van der Waals surface area (Å²) in [5.74, 6) is -1.77. The second-order valence-corrected chi connectivity index (χ2v) is 7.18. The van der Waals surface area contributed by atoms with Crippen molar-refractivity contribution in [3.63, 3.8) is 0 Å². The molecule has 2 heterocycles. The highest BCUT2D eigenvalue weighted by Crippen LogP contribution is 2.27. The fourth-order valence-electron chi connectivity index (χ4n) is 3.71. The molecule has 3 rings (SSSR count). The molecule has 0 saturated carbocycles. The van der Waals surface area contributed by atoms with E-state index < -0.39 is 5.92 Å². The number of nitrogens with one attached hydrogen (secondary N) is 2. The van der Waals surface area contributed by atoms with E-state index in [9.17, 15) is 8.78 Å². The van der Waals surface area contributed by atoms with Gasteiger partial charge < -0.3 is 20.1 Å². The minimum Gasteiger partial charge on any atom is -0.497 e. The van der Waals surface area contributed by atoms with Crippen LogP contribution in [0.3, 0.4) is 0 Å². The molecule has 2 aliphatic heterocycles. The van der Waals surface area contributed by atoms with E-state index in [2.05, 4.69) is 27.7 Å². The normalized spacial score (nSPS) is 25.8. The predicted octanol–water partition coefficient (Wildman–Crippen LogP) is 2.04. The molecule has 0 aliphatic carbocycles. The second kappa shape index (κ2) is 8.61. The van der Waals surface area contributed by atoms with Gasteiger partial charge in [-0.25, -0.2) is 8.78 Å². The quantitative estimate of drug-likeness (QED) is 0.770. The predicted molar refractivity (Wildman–Crippen MR) is 96.9 cm³/mol. The van der Waals surface area contributed by atoms with Crippen LogP contribution in [0.5, 0.6) is 5.75 Å². The van der Waals surface area contributed by atoms with Gasteiger partial charge in [0, 0.05) is 44.2 Å². The first kappa shape index (κ1) is 19.5. The van der Waals surface area contributed by atoms with Crippen molar-refractivity contribution in [2.24, 2.45) is 0 Å². The number of rotatable bonds is 7. The number of hydrogen-bond acceptors (Lipinski definition) is 5. The number of alkyl halides is 2. The maximum atomic E-state index is 13.5. The van der Waals surface area contributed by atoms with E-state index in [4.69, 9.17) is 9.47 Å².